The Kier molecular flexibility index (Phi) is 38.2. The summed E-state index contributed by atoms with van der Waals surface area (Å²) in [4.78, 5) is 0. The van der Waals surface area contributed by atoms with Gasteiger partial charge in [-0.1, -0.05) is 99.3 Å². The van der Waals surface area contributed by atoms with E-state index in [2.05, 4.69) is 66.7 Å². The fraction of sp³-hybridized carbons (Fsp3) is 0.727. The van der Waals surface area contributed by atoms with Crippen molar-refractivity contribution in [3.63, 3.8) is 0 Å². The van der Waals surface area contributed by atoms with Gasteiger partial charge in [-0.25, -0.2) is 0 Å². The van der Waals surface area contributed by atoms with Crippen molar-refractivity contribution in [2.45, 2.75) is 101 Å². The quantitative estimate of drug-likeness (QED) is 0.521. The highest BCUT2D eigenvalue weighted by molar-refractivity contribution is 5.34. The Labute approximate surface area is 147 Å². The first-order chi connectivity index (χ1) is 11.1. The lowest BCUT2D eigenvalue weighted by Crippen LogP contribution is -1.94. The zero-order valence-electron chi connectivity index (χ0n) is 17.9. The molecule has 23 heavy (non-hydrogen) atoms. The van der Waals surface area contributed by atoms with E-state index in [1.807, 2.05) is 13.8 Å². The first kappa shape index (κ1) is 30.1. The van der Waals surface area contributed by atoms with Crippen molar-refractivity contribution >= 4 is 0 Å². The van der Waals surface area contributed by atoms with E-state index in [0.717, 1.165) is 0 Å². The molecule has 0 aliphatic rings. The van der Waals surface area contributed by atoms with E-state index >= 15 is 0 Å². The number of unbranched alkanes of at least 4 members (excludes halogenated alkanes) is 1. The van der Waals surface area contributed by atoms with E-state index in [1.165, 1.54) is 44.1 Å². The third-order valence-corrected chi connectivity index (χ3v) is 2.88. The minimum atomic E-state index is 0.500. The molecular formula is C22H45F. The average Bonchev–Trinajstić information content (AvgIpc) is 2.60. The maximum atomic E-state index is 9.50. The molecular weight excluding hydrogens is 283 g/mol. The number of rotatable bonds is 4. The van der Waals surface area contributed by atoms with Crippen LogP contribution in [0, 0.1) is 6.92 Å². The van der Waals surface area contributed by atoms with Crippen molar-refractivity contribution in [3.05, 3.63) is 34.9 Å². The highest BCUT2D eigenvalue weighted by Gasteiger charge is 2.01. The van der Waals surface area contributed by atoms with Gasteiger partial charge in [-0.05, 0) is 36.5 Å². The molecule has 0 spiro atoms. The van der Waals surface area contributed by atoms with Crippen molar-refractivity contribution in [3.8, 4) is 0 Å². The maximum absolute atomic E-state index is 9.50. The van der Waals surface area contributed by atoms with Crippen molar-refractivity contribution < 1.29 is 4.39 Å². The fourth-order valence-electron chi connectivity index (χ4n) is 1.77. The Balaban J connectivity index is -0.000000137. The standard InChI is InChI=1S/C12H18.C4H10.C3H8.C2H6.CH3F/c1-4-7-11-9-6-8-10(3)12(11)5-2;1-3-4-2;1-3-2;2*1-2/h6,8-9H,4-5,7H2,1-3H3;3-4H2,1-2H3;3H2,1-2H3;1-2H3;1H3. The highest BCUT2D eigenvalue weighted by atomic mass is 19.1. The lowest BCUT2D eigenvalue weighted by molar-refractivity contribution is 0.636. The molecule has 0 unspecified atom stereocenters. The molecule has 1 heteroatoms. The summed E-state index contributed by atoms with van der Waals surface area (Å²) in [7, 11) is 0.500. The molecule has 0 nitrogen and oxygen atoms in total. The van der Waals surface area contributed by atoms with E-state index in [0.29, 0.717) is 7.18 Å². The predicted molar refractivity (Wildman–Crippen MR) is 109 cm³/mol. The van der Waals surface area contributed by atoms with E-state index < -0.39 is 0 Å². The molecule has 0 radical (unpaired) electrons. The van der Waals surface area contributed by atoms with Crippen LogP contribution in [-0.4, -0.2) is 7.18 Å². The van der Waals surface area contributed by atoms with Gasteiger partial charge in [0, 0.05) is 0 Å². The Morgan fingerprint density at radius 3 is 1.52 bits per heavy atom. The van der Waals surface area contributed by atoms with Gasteiger partial charge in [0.2, 0.25) is 0 Å². The molecule has 1 rings (SSSR count). The van der Waals surface area contributed by atoms with Crippen molar-refractivity contribution in [2.75, 3.05) is 7.18 Å². The Hall–Kier alpha value is -0.850. The van der Waals surface area contributed by atoms with Gasteiger partial charge in [-0.2, -0.15) is 0 Å². The lowest BCUT2D eigenvalue weighted by Gasteiger charge is -2.09. The van der Waals surface area contributed by atoms with Crippen LogP contribution in [0.25, 0.3) is 0 Å². The number of hydrogen-bond donors (Lipinski definition) is 0. The molecule has 0 heterocycles. The molecule has 0 saturated heterocycles. The molecule has 0 aliphatic heterocycles. The monoisotopic (exact) mass is 328 g/mol. The minimum absolute atomic E-state index is 0.500. The van der Waals surface area contributed by atoms with Crippen LogP contribution in [0.2, 0.25) is 0 Å². The second-order valence-corrected chi connectivity index (χ2v) is 5.02. The average molecular weight is 329 g/mol. The topological polar surface area (TPSA) is 0 Å². The number of hydrogen-bond acceptors (Lipinski definition) is 0. The van der Waals surface area contributed by atoms with E-state index in [1.54, 1.807) is 11.1 Å². The smallest absolute Gasteiger partial charge is 0.0785 e. The number of benzene rings is 1. The van der Waals surface area contributed by atoms with Gasteiger partial charge in [0.15, 0.2) is 0 Å². The first-order valence-electron chi connectivity index (χ1n) is 9.57. The summed E-state index contributed by atoms with van der Waals surface area (Å²) in [5, 5.41) is 0. The molecule has 1 aromatic carbocycles. The van der Waals surface area contributed by atoms with Crippen LogP contribution in [0.5, 0.6) is 0 Å². The SMILES string of the molecule is CC.CCC.CCCC.CCCc1cccc(C)c1CC.CF. The van der Waals surface area contributed by atoms with Crippen molar-refractivity contribution in [1.82, 2.24) is 0 Å². The number of alkyl halides is 1. The molecule has 0 atom stereocenters. The summed E-state index contributed by atoms with van der Waals surface area (Å²) in [5.74, 6) is 0. The summed E-state index contributed by atoms with van der Waals surface area (Å²) in [5.41, 5.74) is 4.54. The molecule has 1 aromatic rings. The first-order valence-corrected chi connectivity index (χ1v) is 9.57. The van der Waals surface area contributed by atoms with Gasteiger partial charge in [0.25, 0.3) is 0 Å². The third-order valence-electron chi connectivity index (χ3n) is 2.88. The van der Waals surface area contributed by atoms with Crippen LogP contribution >= 0.6 is 0 Å². The molecule has 140 valence electrons. The van der Waals surface area contributed by atoms with Gasteiger partial charge < -0.3 is 0 Å². The van der Waals surface area contributed by atoms with Gasteiger partial charge in [0.1, 0.15) is 0 Å². The molecule has 0 aromatic heterocycles. The van der Waals surface area contributed by atoms with Crippen LogP contribution in [-0.2, 0) is 12.8 Å². The molecule has 0 N–H and O–H groups in total. The van der Waals surface area contributed by atoms with Crippen molar-refractivity contribution in [1.29, 1.82) is 0 Å². The Morgan fingerprint density at radius 2 is 1.22 bits per heavy atom. The van der Waals surface area contributed by atoms with Crippen LogP contribution < -0.4 is 0 Å². The maximum Gasteiger partial charge on any atom is 0.0785 e. The van der Waals surface area contributed by atoms with Crippen LogP contribution in [0.1, 0.15) is 97.8 Å². The van der Waals surface area contributed by atoms with Crippen molar-refractivity contribution in [2.24, 2.45) is 0 Å². The molecule has 0 bridgehead atoms. The predicted octanol–water partition coefficient (Wildman–Crippen LogP) is 8.34. The van der Waals surface area contributed by atoms with Gasteiger partial charge >= 0.3 is 0 Å². The summed E-state index contributed by atoms with van der Waals surface area (Å²) in [6, 6.07) is 6.63. The molecule has 0 amide bonds. The number of aryl methyl sites for hydroxylation is 2. The van der Waals surface area contributed by atoms with Crippen LogP contribution in [0.4, 0.5) is 4.39 Å². The van der Waals surface area contributed by atoms with Crippen LogP contribution in [0.15, 0.2) is 18.2 Å². The molecule has 0 saturated carbocycles. The molecule has 0 aliphatic carbocycles. The minimum Gasteiger partial charge on any atom is -0.255 e. The van der Waals surface area contributed by atoms with Gasteiger partial charge in [-0.15, -0.1) is 0 Å². The van der Waals surface area contributed by atoms with Crippen LogP contribution in [0.3, 0.4) is 0 Å². The summed E-state index contributed by atoms with van der Waals surface area (Å²) in [6.45, 7) is 19.3. The largest absolute Gasteiger partial charge is 0.255 e. The third kappa shape index (κ3) is 21.1. The zero-order valence-corrected chi connectivity index (χ0v) is 17.9. The summed E-state index contributed by atoms with van der Waals surface area (Å²) in [6.07, 6.45) is 7.53. The second kappa shape index (κ2) is 29.2. The Bertz CT molecular complexity index is 290. The molecule has 0 fully saturated rings. The zero-order chi connectivity index (χ0) is 19.1. The summed E-state index contributed by atoms with van der Waals surface area (Å²) < 4.78 is 9.50. The van der Waals surface area contributed by atoms with Gasteiger partial charge in [0.05, 0.1) is 7.18 Å². The fourth-order valence-corrected chi connectivity index (χ4v) is 1.77. The normalized spacial score (nSPS) is 7.96. The number of halogens is 1. The highest BCUT2D eigenvalue weighted by Crippen LogP contribution is 2.16. The van der Waals surface area contributed by atoms with E-state index in [-0.39, 0.29) is 0 Å². The lowest BCUT2D eigenvalue weighted by atomic mass is 9.97. The second-order valence-electron chi connectivity index (χ2n) is 5.02. The van der Waals surface area contributed by atoms with E-state index in [9.17, 15) is 4.39 Å². The van der Waals surface area contributed by atoms with Gasteiger partial charge in [-0.3, -0.25) is 4.39 Å². The Morgan fingerprint density at radius 1 is 0.783 bits per heavy atom. The van der Waals surface area contributed by atoms with E-state index in [4.69, 9.17) is 0 Å². The summed E-state index contributed by atoms with van der Waals surface area (Å²) >= 11 is 0.